The summed E-state index contributed by atoms with van der Waals surface area (Å²) in [4.78, 5) is 2.48. The van der Waals surface area contributed by atoms with E-state index >= 15 is 0 Å². The number of nitrogens with zero attached hydrogens (tertiary/aromatic N) is 1. The van der Waals surface area contributed by atoms with Crippen LogP contribution >= 0.6 is 0 Å². The highest BCUT2D eigenvalue weighted by atomic mass is 16.5. The summed E-state index contributed by atoms with van der Waals surface area (Å²) < 4.78 is 11.8. The van der Waals surface area contributed by atoms with E-state index in [0.29, 0.717) is 13.2 Å². The first kappa shape index (κ1) is 18.1. The van der Waals surface area contributed by atoms with Crippen molar-refractivity contribution in [1.29, 1.82) is 0 Å². The maximum Gasteiger partial charge on any atom is 0.165 e. The maximum absolute atomic E-state index is 6.26. The lowest BCUT2D eigenvalue weighted by molar-refractivity contribution is 0.0888. The molecule has 23 heavy (non-hydrogen) atoms. The van der Waals surface area contributed by atoms with E-state index in [-0.39, 0.29) is 11.5 Å². The van der Waals surface area contributed by atoms with Gasteiger partial charge in [-0.1, -0.05) is 32.9 Å². The molecule has 0 bridgehead atoms. The van der Waals surface area contributed by atoms with Crippen molar-refractivity contribution in [3.8, 4) is 11.5 Å². The summed E-state index contributed by atoms with van der Waals surface area (Å²) in [7, 11) is 0. The molecule has 0 aromatic heterocycles. The van der Waals surface area contributed by atoms with Crippen LogP contribution in [0.15, 0.2) is 18.2 Å². The molecule has 1 unspecified atom stereocenters. The summed E-state index contributed by atoms with van der Waals surface area (Å²) in [6.07, 6.45) is 2.04. The second-order valence-corrected chi connectivity index (χ2v) is 7.12. The van der Waals surface area contributed by atoms with E-state index in [1.807, 2.05) is 13.0 Å². The molecule has 0 spiro atoms. The van der Waals surface area contributed by atoms with Crippen molar-refractivity contribution >= 4 is 0 Å². The Morgan fingerprint density at radius 3 is 2.70 bits per heavy atom. The zero-order chi connectivity index (χ0) is 16.9. The molecule has 130 valence electrons. The molecule has 0 amide bonds. The van der Waals surface area contributed by atoms with E-state index in [2.05, 4.69) is 37.8 Å². The van der Waals surface area contributed by atoms with Gasteiger partial charge in [0, 0.05) is 31.2 Å². The van der Waals surface area contributed by atoms with Gasteiger partial charge in [-0.15, -0.1) is 0 Å². The molecular formula is C19H32N2O2. The van der Waals surface area contributed by atoms with E-state index in [1.165, 1.54) is 5.56 Å². The van der Waals surface area contributed by atoms with Gasteiger partial charge >= 0.3 is 0 Å². The van der Waals surface area contributed by atoms with Crippen LogP contribution in [0.4, 0.5) is 0 Å². The number of likely N-dealkylation sites (tertiary alicyclic amines) is 1. The van der Waals surface area contributed by atoms with Gasteiger partial charge in [0.2, 0.25) is 0 Å². The zero-order valence-corrected chi connectivity index (χ0v) is 15.1. The molecular weight excluding hydrogens is 288 g/mol. The number of hydrogen-bond donors (Lipinski definition) is 1. The van der Waals surface area contributed by atoms with Crippen molar-refractivity contribution in [1.82, 2.24) is 4.90 Å². The fourth-order valence-corrected chi connectivity index (χ4v) is 3.18. The van der Waals surface area contributed by atoms with Crippen LogP contribution in [0.2, 0.25) is 0 Å². The van der Waals surface area contributed by atoms with Gasteiger partial charge in [0.1, 0.15) is 0 Å². The molecule has 2 N–H and O–H groups in total. The summed E-state index contributed by atoms with van der Waals surface area (Å²) in [6.45, 7) is 12.9. The molecule has 4 heteroatoms. The second-order valence-electron chi connectivity index (χ2n) is 7.12. The smallest absolute Gasteiger partial charge is 0.165 e. The summed E-state index contributed by atoms with van der Waals surface area (Å²) in [6, 6.07) is 6.48. The van der Waals surface area contributed by atoms with Crippen molar-refractivity contribution in [3.63, 3.8) is 0 Å². The fourth-order valence-electron chi connectivity index (χ4n) is 3.18. The van der Waals surface area contributed by atoms with Crippen LogP contribution in [0.1, 0.15) is 46.1 Å². The van der Waals surface area contributed by atoms with Crippen molar-refractivity contribution in [2.75, 3.05) is 26.3 Å². The van der Waals surface area contributed by atoms with E-state index in [0.717, 1.165) is 44.0 Å². The Morgan fingerprint density at radius 2 is 2.04 bits per heavy atom. The normalized spacial score (nSPS) is 21.2. The summed E-state index contributed by atoms with van der Waals surface area (Å²) in [5, 5.41) is 0. The summed E-state index contributed by atoms with van der Waals surface area (Å²) in [5.74, 6) is 1.76. The lowest BCUT2D eigenvalue weighted by Crippen LogP contribution is -2.52. The summed E-state index contributed by atoms with van der Waals surface area (Å²) in [5.41, 5.74) is 7.61. The lowest BCUT2D eigenvalue weighted by atomic mass is 9.79. The SMILES string of the molecule is CCCOc1c(CN2CCC(N)C(C)(C)C2)cccc1OCC. The van der Waals surface area contributed by atoms with Crippen LogP contribution < -0.4 is 15.2 Å². The molecule has 1 saturated heterocycles. The van der Waals surface area contributed by atoms with Gasteiger partial charge in [-0.3, -0.25) is 4.90 Å². The zero-order valence-electron chi connectivity index (χ0n) is 15.1. The highest BCUT2D eigenvalue weighted by Gasteiger charge is 2.33. The Bertz CT molecular complexity index is 502. The molecule has 0 saturated carbocycles. The minimum Gasteiger partial charge on any atom is -0.490 e. The molecule has 0 radical (unpaired) electrons. The topological polar surface area (TPSA) is 47.7 Å². The molecule has 1 aromatic carbocycles. The van der Waals surface area contributed by atoms with Crippen LogP contribution in [-0.4, -0.2) is 37.2 Å². The summed E-state index contributed by atoms with van der Waals surface area (Å²) >= 11 is 0. The largest absolute Gasteiger partial charge is 0.490 e. The average molecular weight is 320 g/mol. The minimum atomic E-state index is 0.153. The third-order valence-electron chi connectivity index (χ3n) is 4.60. The number of rotatable bonds is 7. The quantitative estimate of drug-likeness (QED) is 0.836. The maximum atomic E-state index is 6.26. The Kier molecular flexibility index (Phi) is 6.31. The standard InChI is InChI=1S/C19H32N2O2/c1-5-12-23-18-15(8-7-9-16(18)22-6-2)13-21-11-10-17(20)19(3,4)14-21/h7-9,17H,5-6,10-14,20H2,1-4H3. The second kappa shape index (κ2) is 8.02. The van der Waals surface area contributed by atoms with E-state index in [4.69, 9.17) is 15.2 Å². The highest BCUT2D eigenvalue weighted by Crippen LogP contribution is 2.34. The molecule has 0 aliphatic carbocycles. The van der Waals surface area contributed by atoms with Crippen LogP contribution in [0, 0.1) is 5.41 Å². The molecule has 2 rings (SSSR count). The third kappa shape index (κ3) is 4.61. The van der Waals surface area contributed by atoms with Crippen molar-refractivity contribution < 1.29 is 9.47 Å². The van der Waals surface area contributed by atoms with Gasteiger partial charge < -0.3 is 15.2 Å². The van der Waals surface area contributed by atoms with Crippen molar-refractivity contribution in [2.24, 2.45) is 11.1 Å². The first-order chi connectivity index (χ1) is 11.0. The van der Waals surface area contributed by atoms with Gasteiger partial charge in [-0.2, -0.15) is 0 Å². The van der Waals surface area contributed by atoms with E-state index < -0.39 is 0 Å². The molecule has 1 aliphatic rings. The predicted molar refractivity (Wildman–Crippen MR) is 95.0 cm³/mol. The Morgan fingerprint density at radius 1 is 1.26 bits per heavy atom. The minimum absolute atomic E-state index is 0.153. The fraction of sp³-hybridized carbons (Fsp3) is 0.684. The first-order valence-electron chi connectivity index (χ1n) is 8.83. The number of benzene rings is 1. The monoisotopic (exact) mass is 320 g/mol. The van der Waals surface area contributed by atoms with Crippen LogP contribution in [0.3, 0.4) is 0 Å². The van der Waals surface area contributed by atoms with Gasteiger partial charge in [-0.25, -0.2) is 0 Å². The van der Waals surface area contributed by atoms with E-state index in [9.17, 15) is 0 Å². The molecule has 1 fully saturated rings. The third-order valence-corrected chi connectivity index (χ3v) is 4.60. The number of hydrogen-bond acceptors (Lipinski definition) is 4. The van der Waals surface area contributed by atoms with Gasteiger partial charge in [0.05, 0.1) is 13.2 Å². The first-order valence-corrected chi connectivity index (χ1v) is 8.83. The van der Waals surface area contributed by atoms with E-state index in [1.54, 1.807) is 0 Å². The van der Waals surface area contributed by atoms with Gasteiger partial charge in [0.25, 0.3) is 0 Å². The molecule has 1 atom stereocenters. The Labute approximate surface area is 140 Å². The molecule has 1 aromatic rings. The van der Waals surface area contributed by atoms with Crippen LogP contribution in [0.25, 0.3) is 0 Å². The van der Waals surface area contributed by atoms with Crippen molar-refractivity contribution in [2.45, 2.75) is 53.1 Å². The molecule has 1 aliphatic heterocycles. The number of piperidine rings is 1. The number of para-hydroxylation sites is 1. The number of ether oxygens (including phenoxy) is 2. The lowest BCUT2D eigenvalue weighted by Gasteiger charge is -2.42. The Balaban J connectivity index is 2.16. The predicted octanol–water partition coefficient (Wildman–Crippen LogP) is 3.43. The number of nitrogens with two attached hydrogens (primary N) is 1. The molecule has 4 nitrogen and oxygen atoms in total. The van der Waals surface area contributed by atoms with Gasteiger partial charge in [-0.05, 0) is 31.2 Å². The van der Waals surface area contributed by atoms with Crippen LogP contribution in [0.5, 0.6) is 11.5 Å². The Hall–Kier alpha value is -1.26. The van der Waals surface area contributed by atoms with Gasteiger partial charge in [0.15, 0.2) is 11.5 Å². The average Bonchev–Trinajstić information content (AvgIpc) is 2.50. The molecule has 1 heterocycles. The van der Waals surface area contributed by atoms with Crippen molar-refractivity contribution in [3.05, 3.63) is 23.8 Å². The highest BCUT2D eigenvalue weighted by molar-refractivity contribution is 5.46. The van der Waals surface area contributed by atoms with Crippen LogP contribution in [-0.2, 0) is 6.54 Å².